The van der Waals surface area contributed by atoms with Gasteiger partial charge in [-0.15, -0.1) is 0 Å². The summed E-state index contributed by atoms with van der Waals surface area (Å²) in [6, 6.07) is 10.7. The molecule has 26 heavy (non-hydrogen) atoms. The Balaban J connectivity index is 1.75. The van der Waals surface area contributed by atoms with Crippen molar-refractivity contribution >= 4 is 23.0 Å². The summed E-state index contributed by atoms with van der Waals surface area (Å²) in [6.07, 6.45) is -0.604. The molecular formula is C18H18FN5O2. The van der Waals surface area contributed by atoms with Gasteiger partial charge < -0.3 is 20.4 Å². The highest BCUT2D eigenvalue weighted by Gasteiger charge is 2.20. The Kier molecular flexibility index (Phi) is 4.57. The summed E-state index contributed by atoms with van der Waals surface area (Å²) in [5.41, 5.74) is 7.98. The van der Waals surface area contributed by atoms with Gasteiger partial charge in [0.2, 0.25) is 0 Å². The number of halogens is 1. The standard InChI is InChI=1S/C18H18FN5O2/c1-10(11-3-6-13(19)7-4-11)24(2)18(25)26-17-22-14-8-5-12(16(20)21)9-15(14)23-17/h3-10H,1-2H3,(H3,20,21)(H,22,23). The minimum Gasteiger partial charge on any atom is -0.384 e. The highest BCUT2D eigenvalue weighted by atomic mass is 19.1. The molecule has 1 aromatic heterocycles. The van der Waals surface area contributed by atoms with Crippen LogP contribution in [0.2, 0.25) is 0 Å². The normalized spacial score (nSPS) is 12.0. The molecule has 1 atom stereocenters. The number of nitrogens with zero attached hydrogens (tertiary/aromatic N) is 2. The average molecular weight is 355 g/mol. The highest BCUT2D eigenvalue weighted by Crippen LogP contribution is 2.22. The Hall–Kier alpha value is -3.42. The Bertz CT molecular complexity index is 967. The molecule has 0 saturated carbocycles. The van der Waals surface area contributed by atoms with E-state index in [1.54, 1.807) is 37.4 Å². The van der Waals surface area contributed by atoms with E-state index in [1.165, 1.54) is 17.0 Å². The van der Waals surface area contributed by atoms with Crippen molar-refractivity contribution in [3.05, 3.63) is 59.4 Å². The van der Waals surface area contributed by atoms with E-state index in [2.05, 4.69) is 9.97 Å². The summed E-state index contributed by atoms with van der Waals surface area (Å²) in [7, 11) is 1.59. The maximum atomic E-state index is 13.0. The van der Waals surface area contributed by atoms with Crippen LogP contribution in [0, 0.1) is 11.2 Å². The number of nitrogens with one attached hydrogen (secondary N) is 2. The second kappa shape index (κ2) is 6.83. The third kappa shape index (κ3) is 3.49. The Morgan fingerprint density at radius 3 is 2.65 bits per heavy atom. The first-order valence-electron chi connectivity index (χ1n) is 7.89. The van der Waals surface area contributed by atoms with Crippen molar-refractivity contribution in [3.63, 3.8) is 0 Å². The number of amidine groups is 1. The fourth-order valence-corrected chi connectivity index (χ4v) is 2.48. The van der Waals surface area contributed by atoms with E-state index in [9.17, 15) is 9.18 Å². The van der Waals surface area contributed by atoms with Crippen LogP contribution in [0.5, 0.6) is 6.01 Å². The lowest BCUT2D eigenvalue weighted by atomic mass is 10.1. The molecule has 0 aliphatic heterocycles. The number of hydrogen-bond acceptors (Lipinski definition) is 4. The second-order valence-corrected chi connectivity index (χ2v) is 5.89. The van der Waals surface area contributed by atoms with Crippen molar-refractivity contribution < 1.29 is 13.9 Å². The first-order valence-corrected chi connectivity index (χ1v) is 7.89. The molecule has 134 valence electrons. The molecule has 0 aliphatic rings. The second-order valence-electron chi connectivity index (χ2n) is 5.89. The number of fused-ring (bicyclic) bond motifs is 1. The van der Waals surface area contributed by atoms with E-state index in [0.717, 1.165) is 5.56 Å². The molecule has 1 amide bonds. The van der Waals surface area contributed by atoms with Crippen LogP contribution < -0.4 is 10.5 Å². The third-order valence-electron chi connectivity index (χ3n) is 4.18. The molecule has 0 radical (unpaired) electrons. The van der Waals surface area contributed by atoms with E-state index in [-0.39, 0.29) is 23.7 Å². The number of carbonyl (C=O) groups is 1. The van der Waals surface area contributed by atoms with Gasteiger partial charge in [-0.25, -0.2) is 9.18 Å². The van der Waals surface area contributed by atoms with Gasteiger partial charge in [-0.2, -0.15) is 4.98 Å². The number of aromatic nitrogens is 2. The molecule has 3 aromatic rings. The van der Waals surface area contributed by atoms with Gasteiger partial charge in [0.25, 0.3) is 0 Å². The van der Waals surface area contributed by atoms with E-state index >= 15 is 0 Å². The van der Waals surface area contributed by atoms with Crippen molar-refractivity contribution in [1.29, 1.82) is 5.41 Å². The number of benzene rings is 2. The number of imidazole rings is 1. The van der Waals surface area contributed by atoms with Gasteiger partial charge in [-0.1, -0.05) is 12.1 Å². The molecule has 0 spiro atoms. The lowest BCUT2D eigenvalue weighted by molar-refractivity contribution is 0.145. The number of carbonyl (C=O) groups excluding carboxylic acids is 1. The highest BCUT2D eigenvalue weighted by molar-refractivity contribution is 5.98. The van der Waals surface area contributed by atoms with Gasteiger partial charge in [0.15, 0.2) is 0 Å². The average Bonchev–Trinajstić information content (AvgIpc) is 3.02. The number of nitrogen functional groups attached to an aromatic ring is 1. The Morgan fingerprint density at radius 1 is 1.31 bits per heavy atom. The zero-order valence-electron chi connectivity index (χ0n) is 14.3. The molecule has 1 unspecified atom stereocenters. The number of aromatic amines is 1. The SMILES string of the molecule is CC(c1ccc(F)cc1)N(C)C(=O)Oc1nc2ccc(C(=N)N)cc2[nH]1. The number of nitrogens with two attached hydrogens (primary N) is 1. The molecule has 0 aliphatic carbocycles. The van der Waals surface area contributed by atoms with E-state index in [0.29, 0.717) is 16.6 Å². The molecule has 7 nitrogen and oxygen atoms in total. The van der Waals surface area contributed by atoms with Crippen LogP contribution in [0.3, 0.4) is 0 Å². The fourth-order valence-electron chi connectivity index (χ4n) is 2.48. The van der Waals surface area contributed by atoms with E-state index in [1.807, 2.05) is 6.92 Å². The number of H-pyrrole nitrogens is 1. The van der Waals surface area contributed by atoms with Crippen LogP contribution in [-0.4, -0.2) is 33.8 Å². The number of amides is 1. The van der Waals surface area contributed by atoms with Gasteiger partial charge in [0, 0.05) is 12.6 Å². The van der Waals surface area contributed by atoms with Gasteiger partial charge in [0.1, 0.15) is 11.7 Å². The lowest BCUT2D eigenvalue weighted by Crippen LogP contribution is -2.32. The third-order valence-corrected chi connectivity index (χ3v) is 4.18. The van der Waals surface area contributed by atoms with Gasteiger partial charge in [-0.3, -0.25) is 5.41 Å². The van der Waals surface area contributed by atoms with Crippen molar-refractivity contribution in [2.75, 3.05) is 7.05 Å². The summed E-state index contributed by atoms with van der Waals surface area (Å²) in [6.45, 7) is 1.81. The number of hydrogen-bond donors (Lipinski definition) is 3. The largest absolute Gasteiger partial charge is 0.417 e. The molecular weight excluding hydrogens is 337 g/mol. The number of ether oxygens (including phenoxy) is 1. The summed E-state index contributed by atoms with van der Waals surface area (Å²) in [4.78, 5) is 20.8. The quantitative estimate of drug-likeness (QED) is 0.493. The van der Waals surface area contributed by atoms with Crippen molar-refractivity contribution in [3.8, 4) is 6.01 Å². The lowest BCUT2D eigenvalue weighted by Gasteiger charge is -2.23. The zero-order chi connectivity index (χ0) is 18.8. The van der Waals surface area contributed by atoms with Gasteiger partial charge in [0.05, 0.1) is 17.1 Å². The monoisotopic (exact) mass is 355 g/mol. The molecule has 4 N–H and O–H groups in total. The summed E-state index contributed by atoms with van der Waals surface area (Å²) < 4.78 is 18.3. The first kappa shape index (κ1) is 17.4. The molecule has 1 heterocycles. The molecule has 3 rings (SSSR count). The predicted octanol–water partition coefficient (Wildman–Crippen LogP) is 3.18. The maximum Gasteiger partial charge on any atom is 0.417 e. The van der Waals surface area contributed by atoms with E-state index < -0.39 is 6.09 Å². The van der Waals surface area contributed by atoms with Crippen molar-refractivity contribution in [2.24, 2.45) is 5.73 Å². The van der Waals surface area contributed by atoms with Crippen LogP contribution in [0.4, 0.5) is 9.18 Å². The smallest absolute Gasteiger partial charge is 0.384 e. The van der Waals surface area contributed by atoms with E-state index in [4.69, 9.17) is 15.9 Å². The van der Waals surface area contributed by atoms with Crippen LogP contribution in [0.25, 0.3) is 11.0 Å². The maximum absolute atomic E-state index is 13.0. The molecule has 2 aromatic carbocycles. The minimum atomic E-state index is -0.604. The van der Waals surface area contributed by atoms with Crippen LogP contribution in [-0.2, 0) is 0 Å². The Morgan fingerprint density at radius 2 is 2.00 bits per heavy atom. The predicted molar refractivity (Wildman–Crippen MR) is 95.7 cm³/mol. The van der Waals surface area contributed by atoms with Crippen LogP contribution in [0.1, 0.15) is 24.1 Å². The fraction of sp³-hybridized carbons (Fsp3) is 0.167. The van der Waals surface area contributed by atoms with Crippen LogP contribution >= 0.6 is 0 Å². The molecule has 0 fully saturated rings. The topological polar surface area (TPSA) is 108 Å². The summed E-state index contributed by atoms with van der Waals surface area (Å²) >= 11 is 0. The van der Waals surface area contributed by atoms with Gasteiger partial charge in [-0.05, 0) is 42.8 Å². The van der Waals surface area contributed by atoms with Crippen molar-refractivity contribution in [2.45, 2.75) is 13.0 Å². The minimum absolute atomic E-state index is 0.0452. The first-order chi connectivity index (χ1) is 12.3. The van der Waals surface area contributed by atoms with Gasteiger partial charge >= 0.3 is 12.1 Å². The molecule has 0 bridgehead atoms. The summed E-state index contributed by atoms with van der Waals surface area (Å²) in [5.74, 6) is -0.397. The zero-order valence-corrected chi connectivity index (χ0v) is 14.3. The van der Waals surface area contributed by atoms with Crippen LogP contribution in [0.15, 0.2) is 42.5 Å². The molecule has 0 saturated heterocycles. The van der Waals surface area contributed by atoms with Crippen molar-refractivity contribution in [1.82, 2.24) is 14.9 Å². The molecule has 8 heteroatoms. The Labute approximate surface area is 149 Å². The summed E-state index contributed by atoms with van der Waals surface area (Å²) in [5, 5.41) is 7.46. The number of rotatable bonds is 4.